The van der Waals surface area contributed by atoms with E-state index in [4.69, 9.17) is 0 Å². The zero-order chi connectivity index (χ0) is 17.4. The molecule has 4 heteroatoms. The molecular weight excluding hydrogens is 374 g/mol. The van der Waals surface area contributed by atoms with Crippen molar-refractivity contribution in [2.75, 3.05) is 26.7 Å². The van der Waals surface area contributed by atoms with E-state index < -0.39 is 0 Å². The van der Waals surface area contributed by atoms with Gasteiger partial charge in [0.15, 0.2) is 0 Å². The van der Waals surface area contributed by atoms with E-state index in [0.29, 0.717) is 5.92 Å². The van der Waals surface area contributed by atoms with E-state index in [-0.39, 0.29) is 0 Å². The molecule has 1 fully saturated rings. The van der Waals surface area contributed by atoms with Gasteiger partial charge in [-0.1, -0.05) is 34.5 Å². The molecule has 134 valence electrons. The van der Waals surface area contributed by atoms with Gasteiger partial charge in [-0.3, -0.25) is 9.80 Å². The minimum atomic E-state index is 0.475. The fraction of sp³-hybridized carbons (Fsp3) is 0.524. The Balaban J connectivity index is 1.65. The number of benzene rings is 1. The molecule has 2 aromatic rings. The molecule has 0 amide bonds. The maximum Gasteiger partial charge on any atom is 0.0387 e. The second-order valence-electron chi connectivity index (χ2n) is 7.73. The van der Waals surface area contributed by atoms with Gasteiger partial charge < -0.3 is 4.57 Å². The third kappa shape index (κ3) is 3.57. The highest BCUT2D eigenvalue weighted by molar-refractivity contribution is 9.10. The second kappa shape index (κ2) is 7.26. The molecule has 0 bridgehead atoms. The van der Waals surface area contributed by atoms with Crippen LogP contribution in [0, 0.1) is 0 Å². The Hall–Kier alpha value is -1.10. The van der Waals surface area contributed by atoms with Crippen LogP contribution >= 0.6 is 15.9 Å². The highest BCUT2D eigenvalue weighted by atomic mass is 79.9. The molecule has 0 spiro atoms. The van der Waals surface area contributed by atoms with Crippen molar-refractivity contribution < 1.29 is 0 Å². The Kier molecular flexibility index (Phi) is 5.03. The van der Waals surface area contributed by atoms with E-state index >= 15 is 0 Å². The topological polar surface area (TPSA) is 11.4 Å². The van der Waals surface area contributed by atoms with E-state index in [1.54, 1.807) is 0 Å². The van der Waals surface area contributed by atoms with Gasteiger partial charge >= 0.3 is 0 Å². The standard InChI is InChI=1S/C21H28BrN3/c1-23-14-20(16-6-8-17(22)9-7-16)19-12-18(24(2)21(19)15-23)13-25-10-4-3-5-11-25/h6-9,12,20H,3-5,10-11,13-15H2,1-2H3. The van der Waals surface area contributed by atoms with Crippen LogP contribution in [-0.2, 0) is 20.1 Å². The Morgan fingerprint density at radius 1 is 1.04 bits per heavy atom. The molecule has 3 nitrogen and oxygen atoms in total. The molecule has 25 heavy (non-hydrogen) atoms. The first-order chi connectivity index (χ1) is 12.1. The molecule has 1 saturated heterocycles. The van der Waals surface area contributed by atoms with E-state index in [1.807, 2.05) is 0 Å². The first-order valence-electron chi connectivity index (χ1n) is 9.45. The third-order valence-electron chi connectivity index (χ3n) is 5.89. The molecule has 0 aliphatic carbocycles. The van der Waals surface area contributed by atoms with Crippen LogP contribution in [0.3, 0.4) is 0 Å². The van der Waals surface area contributed by atoms with Crippen LogP contribution in [0.5, 0.6) is 0 Å². The molecule has 0 N–H and O–H groups in total. The Morgan fingerprint density at radius 3 is 2.48 bits per heavy atom. The van der Waals surface area contributed by atoms with Crippen molar-refractivity contribution in [3.8, 4) is 0 Å². The number of aromatic nitrogens is 1. The first-order valence-corrected chi connectivity index (χ1v) is 10.2. The quantitative estimate of drug-likeness (QED) is 0.756. The van der Waals surface area contributed by atoms with E-state index in [0.717, 1.165) is 24.1 Å². The van der Waals surface area contributed by atoms with E-state index in [1.165, 1.54) is 54.9 Å². The summed E-state index contributed by atoms with van der Waals surface area (Å²) in [5.41, 5.74) is 5.93. The smallest absolute Gasteiger partial charge is 0.0387 e. The molecule has 3 heterocycles. The Bertz CT molecular complexity index is 728. The van der Waals surface area contributed by atoms with E-state index in [2.05, 4.69) is 74.7 Å². The number of likely N-dealkylation sites (N-methyl/N-ethyl adjacent to an activating group) is 1. The van der Waals surface area contributed by atoms with Crippen LogP contribution in [0.4, 0.5) is 0 Å². The molecule has 1 atom stereocenters. The lowest BCUT2D eigenvalue weighted by molar-refractivity contribution is 0.216. The second-order valence-corrected chi connectivity index (χ2v) is 8.65. The fourth-order valence-electron chi connectivity index (χ4n) is 4.43. The number of fused-ring (bicyclic) bond motifs is 1. The third-order valence-corrected chi connectivity index (χ3v) is 6.42. The van der Waals surface area contributed by atoms with Crippen molar-refractivity contribution >= 4 is 15.9 Å². The zero-order valence-corrected chi connectivity index (χ0v) is 16.9. The lowest BCUT2D eigenvalue weighted by Gasteiger charge is -2.31. The summed E-state index contributed by atoms with van der Waals surface area (Å²) in [4.78, 5) is 5.09. The van der Waals surface area contributed by atoms with Crippen LogP contribution in [0.15, 0.2) is 34.8 Å². The monoisotopic (exact) mass is 401 g/mol. The number of rotatable bonds is 3. The molecule has 1 unspecified atom stereocenters. The number of hydrogen-bond acceptors (Lipinski definition) is 2. The predicted molar refractivity (Wildman–Crippen MR) is 107 cm³/mol. The van der Waals surface area contributed by atoms with E-state index in [9.17, 15) is 0 Å². The number of piperidine rings is 1. The maximum atomic E-state index is 3.56. The van der Waals surface area contributed by atoms with Crippen molar-refractivity contribution in [1.82, 2.24) is 14.4 Å². The number of halogens is 1. The van der Waals surface area contributed by atoms with Crippen LogP contribution in [0.2, 0.25) is 0 Å². The highest BCUT2D eigenvalue weighted by Gasteiger charge is 2.29. The summed E-state index contributed by atoms with van der Waals surface area (Å²) in [5, 5.41) is 0. The summed E-state index contributed by atoms with van der Waals surface area (Å²) in [6.07, 6.45) is 4.11. The largest absolute Gasteiger partial charge is 0.349 e. The van der Waals surface area contributed by atoms with Crippen molar-refractivity contribution in [3.63, 3.8) is 0 Å². The summed E-state index contributed by atoms with van der Waals surface area (Å²) in [7, 11) is 4.50. The molecular formula is C21H28BrN3. The summed E-state index contributed by atoms with van der Waals surface area (Å²) in [5.74, 6) is 0.475. The van der Waals surface area contributed by atoms with Gasteiger partial charge in [-0.05, 0) is 62.3 Å². The van der Waals surface area contributed by atoms with Gasteiger partial charge in [0, 0.05) is 48.5 Å². The molecule has 2 aliphatic rings. The molecule has 2 aliphatic heterocycles. The lowest BCUT2D eigenvalue weighted by atomic mass is 9.88. The van der Waals surface area contributed by atoms with Gasteiger partial charge in [-0.15, -0.1) is 0 Å². The van der Waals surface area contributed by atoms with Crippen LogP contribution in [0.25, 0.3) is 0 Å². The summed E-state index contributed by atoms with van der Waals surface area (Å²) in [6.45, 7) is 5.76. The van der Waals surface area contributed by atoms with Gasteiger partial charge in [-0.2, -0.15) is 0 Å². The maximum absolute atomic E-state index is 3.56. The Morgan fingerprint density at radius 2 is 1.76 bits per heavy atom. The fourth-order valence-corrected chi connectivity index (χ4v) is 4.70. The van der Waals surface area contributed by atoms with Gasteiger partial charge in [0.2, 0.25) is 0 Å². The van der Waals surface area contributed by atoms with Gasteiger partial charge in [0.25, 0.3) is 0 Å². The molecule has 0 saturated carbocycles. The van der Waals surface area contributed by atoms with Gasteiger partial charge in [0.05, 0.1) is 0 Å². The van der Waals surface area contributed by atoms with Gasteiger partial charge in [0.1, 0.15) is 0 Å². The number of nitrogens with zero attached hydrogens (tertiary/aromatic N) is 3. The average molecular weight is 402 g/mol. The van der Waals surface area contributed by atoms with Crippen LogP contribution in [0.1, 0.15) is 47.7 Å². The van der Waals surface area contributed by atoms with Gasteiger partial charge in [-0.25, -0.2) is 0 Å². The Labute approximate surface area is 159 Å². The summed E-state index contributed by atoms with van der Waals surface area (Å²) >= 11 is 3.56. The van der Waals surface area contributed by atoms with Crippen molar-refractivity contribution in [1.29, 1.82) is 0 Å². The normalized spacial score (nSPS) is 22.1. The summed E-state index contributed by atoms with van der Waals surface area (Å²) < 4.78 is 3.62. The summed E-state index contributed by atoms with van der Waals surface area (Å²) in [6, 6.07) is 11.4. The average Bonchev–Trinajstić information content (AvgIpc) is 2.92. The number of likely N-dealkylation sites (tertiary alicyclic amines) is 1. The van der Waals surface area contributed by atoms with Crippen molar-refractivity contribution in [3.05, 3.63) is 57.3 Å². The molecule has 1 aromatic carbocycles. The van der Waals surface area contributed by atoms with Crippen molar-refractivity contribution in [2.24, 2.45) is 7.05 Å². The first kappa shape index (κ1) is 17.3. The molecule has 4 rings (SSSR count). The predicted octanol–water partition coefficient (Wildman–Crippen LogP) is 4.35. The molecule has 1 aromatic heterocycles. The van der Waals surface area contributed by atoms with Crippen LogP contribution in [-0.4, -0.2) is 41.0 Å². The molecule has 0 radical (unpaired) electrons. The number of hydrogen-bond donors (Lipinski definition) is 0. The van der Waals surface area contributed by atoms with Crippen LogP contribution < -0.4 is 0 Å². The zero-order valence-electron chi connectivity index (χ0n) is 15.3. The highest BCUT2D eigenvalue weighted by Crippen LogP contribution is 2.35. The SMILES string of the molecule is CN1Cc2c(cc(CN3CCCCC3)n2C)C(c2ccc(Br)cc2)C1. The minimum Gasteiger partial charge on any atom is -0.349 e. The minimum absolute atomic E-state index is 0.475. The lowest BCUT2D eigenvalue weighted by Crippen LogP contribution is -2.32. The van der Waals surface area contributed by atoms with Crippen molar-refractivity contribution in [2.45, 2.75) is 38.3 Å².